The number of nitrogens with two attached hydrogens (primary N) is 1. The SMILES string of the molecule is CC(CCCO)NC(C)c1ccc(N)c([N+](=O)[O-])c1. The molecule has 1 aromatic rings. The summed E-state index contributed by atoms with van der Waals surface area (Å²) in [5, 5.41) is 23.0. The lowest BCUT2D eigenvalue weighted by atomic mass is 10.0. The molecule has 0 fully saturated rings. The standard InChI is InChI=1S/C13H21N3O3/c1-9(4-3-7-17)15-10(2)11-5-6-12(14)13(8-11)16(18)19/h5-6,8-10,15,17H,3-4,7,14H2,1-2H3. The minimum Gasteiger partial charge on any atom is -0.396 e. The first-order chi connectivity index (χ1) is 8.95. The molecule has 0 saturated heterocycles. The first-order valence-corrected chi connectivity index (χ1v) is 6.36. The van der Waals surface area contributed by atoms with E-state index in [0.29, 0.717) is 0 Å². The highest BCUT2D eigenvalue weighted by atomic mass is 16.6. The van der Waals surface area contributed by atoms with Crippen LogP contribution in [0, 0.1) is 10.1 Å². The van der Waals surface area contributed by atoms with Gasteiger partial charge in [0.05, 0.1) is 4.92 Å². The molecule has 2 unspecified atom stereocenters. The normalized spacial score (nSPS) is 14.1. The number of benzene rings is 1. The lowest BCUT2D eigenvalue weighted by Crippen LogP contribution is -2.29. The van der Waals surface area contributed by atoms with Crippen LogP contribution in [0.1, 0.15) is 38.3 Å². The zero-order valence-corrected chi connectivity index (χ0v) is 11.3. The molecule has 1 aromatic carbocycles. The van der Waals surface area contributed by atoms with E-state index >= 15 is 0 Å². The van der Waals surface area contributed by atoms with Crippen LogP contribution in [0.4, 0.5) is 11.4 Å². The Labute approximate surface area is 112 Å². The van der Waals surface area contributed by atoms with Gasteiger partial charge in [-0.25, -0.2) is 0 Å². The van der Waals surface area contributed by atoms with E-state index in [0.717, 1.165) is 18.4 Å². The molecule has 0 bridgehead atoms. The van der Waals surface area contributed by atoms with Crippen molar-refractivity contribution in [2.24, 2.45) is 0 Å². The third-order valence-corrected chi connectivity index (χ3v) is 3.08. The Hall–Kier alpha value is -1.66. The highest BCUT2D eigenvalue weighted by Gasteiger charge is 2.16. The second kappa shape index (κ2) is 7.06. The van der Waals surface area contributed by atoms with Gasteiger partial charge in [0.25, 0.3) is 5.69 Å². The van der Waals surface area contributed by atoms with E-state index in [1.165, 1.54) is 6.07 Å². The Morgan fingerprint density at radius 2 is 2.16 bits per heavy atom. The average molecular weight is 267 g/mol. The second-order valence-electron chi connectivity index (χ2n) is 4.73. The van der Waals surface area contributed by atoms with Crippen molar-refractivity contribution in [1.29, 1.82) is 0 Å². The van der Waals surface area contributed by atoms with Crippen molar-refractivity contribution < 1.29 is 10.0 Å². The van der Waals surface area contributed by atoms with Gasteiger partial charge in [0, 0.05) is 24.8 Å². The summed E-state index contributed by atoms with van der Waals surface area (Å²) < 4.78 is 0. The van der Waals surface area contributed by atoms with Gasteiger partial charge >= 0.3 is 0 Å². The van der Waals surface area contributed by atoms with Gasteiger partial charge < -0.3 is 16.2 Å². The molecule has 0 heterocycles. The highest BCUT2D eigenvalue weighted by Crippen LogP contribution is 2.25. The van der Waals surface area contributed by atoms with Gasteiger partial charge in [0.2, 0.25) is 0 Å². The maximum absolute atomic E-state index is 10.8. The Morgan fingerprint density at radius 3 is 2.74 bits per heavy atom. The molecule has 0 saturated carbocycles. The van der Waals surface area contributed by atoms with Crippen LogP contribution in [0.2, 0.25) is 0 Å². The predicted molar refractivity (Wildman–Crippen MR) is 74.8 cm³/mol. The van der Waals surface area contributed by atoms with Gasteiger partial charge in [-0.1, -0.05) is 6.07 Å². The van der Waals surface area contributed by atoms with E-state index in [1.54, 1.807) is 12.1 Å². The van der Waals surface area contributed by atoms with E-state index < -0.39 is 4.92 Å². The number of nitrogen functional groups attached to an aromatic ring is 1. The molecular formula is C13H21N3O3. The van der Waals surface area contributed by atoms with E-state index in [2.05, 4.69) is 5.32 Å². The van der Waals surface area contributed by atoms with Crippen LogP contribution in [-0.2, 0) is 0 Å². The smallest absolute Gasteiger partial charge is 0.292 e. The molecule has 6 nitrogen and oxygen atoms in total. The molecule has 4 N–H and O–H groups in total. The zero-order valence-electron chi connectivity index (χ0n) is 11.3. The molecule has 2 atom stereocenters. The van der Waals surface area contributed by atoms with Gasteiger partial charge in [-0.15, -0.1) is 0 Å². The number of hydrogen-bond donors (Lipinski definition) is 3. The number of rotatable bonds is 7. The molecule has 0 aliphatic rings. The van der Waals surface area contributed by atoms with E-state index in [4.69, 9.17) is 10.8 Å². The molecule has 0 aromatic heterocycles. The van der Waals surface area contributed by atoms with E-state index in [-0.39, 0.29) is 30.1 Å². The summed E-state index contributed by atoms with van der Waals surface area (Å²) in [6.45, 7) is 4.15. The fourth-order valence-electron chi connectivity index (χ4n) is 1.99. The number of nitro benzene ring substituents is 1. The number of aliphatic hydroxyl groups is 1. The topological polar surface area (TPSA) is 101 Å². The number of anilines is 1. The van der Waals surface area contributed by atoms with E-state index in [1.807, 2.05) is 13.8 Å². The van der Waals surface area contributed by atoms with Crippen LogP contribution in [0.3, 0.4) is 0 Å². The molecule has 0 amide bonds. The van der Waals surface area contributed by atoms with Crippen molar-refractivity contribution in [3.63, 3.8) is 0 Å². The Balaban J connectivity index is 2.74. The number of nitrogens with zero attached hydrogens (tertiary/aromatic N) is 1. The number of nitrogens with one attached hydrogen (secondary N) is 1. The zero-order chi connectivity index (χ0) is 14.4. The lowest BCUT2D eigenvalue weighted by Gasteiger charge is -2.20. The fourth-order valence-corrected chi connectivity index (χ4v) is 1.99. The molecule has 0 aliphatic heterocycles. The average Bonchev–Trinajstić information content (AvgIpc) is 2.36. The summed E-state index contributed by atoms with van der Waals surface area (Å²) in [7, 11) is 0. The van der Waals surface area contributed by atoms with Crippen LogP contribution in [0.5, 0.6) is 0 Å². The summed E-state index contributed by atoms with van der Waals surface area (Å²) in [6.07, 6.45) is 1.60. The minimum absolute atomic E-state index is 0.00649. The molecule has 19 heavy (non-hydrogen) atoms. The van der Waals surface area contributed by atoms with Crippen LogP contribution >= 0.6 is 0 Å². The summed E-state index contributed by atoms with van der Waals surface area (Å²) in [5.41, 5.74) is 6.51. The highest BCUT2D eigenvalue weighted by molar-refractivity contribution is 5.59. The summed E-state index contributed by atoms with van der Waals surface area (Å²) >= 11 is 0. The van der Waals surface area contributed by atoms with Crippen LogP contribution in [0.25, 0.3) is 0 Å². The molecular weight excluding hydrogens is 246 g/mol. The third kappa shape index (κ3) is 4.50. The monoisotopic (exact) mass is 267 g/mol. The quantitative estimate of drug-likeness (QED) is 0.398. The Kier molecular flexibility index (Phi) is 5.72. The molecule has 1 rings (SSSR count). The molecule has 0 aliphatic carbocycles. The van der Waals surface area contributed by atoms with Crippen molar-refractivity contribution in [3.8, 4) is 0 Å². The maximum Gasteiger partial charge on any atom is 0.292 e. The molecule has 6 heteroatoms. The molecule has 0 radical (unpaired) electrons. The number of nitro groups is 1. The summed E-state index contributed by atoms with van der Waals surface area (Å²) in [5.74, 6) is 0. The fraction of sp³-hybridized carbons (Fsp3) is 0.538. The Bertz CT molecular complexity index is 437. The maximum atomic E-state index is 10.8. The summed E-state index contributed by atoms with van der Waals surface area (Å²) in [6, 6.07) is 5.08. The minimum atomic E-state index is -0.471. The van der Waals surface area contributed by atoms with E-state index in [9.17, 15) is 10.1 Å². The largest absolute Gasteiger partial charge is 0.396 e. The lowest BCUT2D eigenvalue weighted by molar-refractivity contribution is -0.384. The van der Waals surface area contributed by atoms with Crippen molar-refractivity contribution >= 4 is 11.4 Å². The van der Waals surface area contributed by atoms with Crippen LogP contribution in [0.15, 0.2) is 18.2 Å². The van der Waals surface area contributed by atoms with Crippen molar-refractivity contribution in [1.82, 2.24) is 5.32 Å². The number of hydrogen-bond acceptors (Lipinski definition) is 5. The van der Waals surface area contributed by atoms with Gasteiger partial charge in [-0.2, -0.15) is 0 Å². The van der Waals surface area contributed by atoms with Crippen LogP contribution in [-0.4, -0.2) is 22.7 Å². The number of aliphatic hydroxyl groups excluding tert-OH is 1. The van der Waals surface area contributed by atoms with Crippen molar-refractivity contribution in [3.05, 3.63) is 33.9 Å². The first kappa shape index (κ1) is 15.4. The van der Waals surface area contributed by atoms with Gasteiger partial charge in [-0.05, 0) is 38.3 Å². The van der Waals surface area contributed by atoms with Gasteiger partial charge in [0.15, 0.2) is 0 Å². The van der Waals surface area contributed by atoms with Crippen molar-refractivity contribution in [2.75, 3.05) is 12.3 Å². The summed E-state index contributed by atoms with van der Waals surface area (Å²) in [4.78, 5) is 10.4. The van der Waals surface area contributed by atoms with Gasteiger partial charge in [0.1, 0.15) is 5.69 Å². The molecule has 0 spiro atoms. The molecule has 106 valence electrons. The van der Waals surface area contributed by atoms with Crippen molar-refractivity contribution in [2.45, 2.75) is 38.8 Å². The third-order valence-electron chi connectivity index (χ3n) is 3.08. The predicted octanol–water partition coefficient (Wildman–Crippen LogP) is 1.99. The second-order valence-corrected chi connectivity index (χ2v) is 4.73. The van der Waals surface area contributed by atoms with Crippen LogP contribution < -0.4 is 11.1 Å². The van der Waals surface area contributed by atoms with Gasteiger partial charge in [-0.3, -0.25) is 10.1 Å². The Morgan fingerprint density at radius 1 is 1.47 bits per heavy atom. The first-order valence-electron chi connectivity index (χ1n) is 6.36.